The number of alkyl halides is 3. The summed E-state index contributed by atoms with van der Waals surface area (Å²) in [6.07, 6.45) is -6.63. The van der Waals surface area contributed by atoms with Gasteiger partial charge in [0.05, 0.1) is 12.6 Å². The van der Waals surface area contributed by atoms with E-state index in [-0.39, 0.29) is 5.92 Å². The van der Waals surface area contributed by atoms with Gasteiger partial charge in [-0.05, 0) is 5.92 Å². The van der Waals surface area contributed by atoms with Crippen molar-refractivity contribution < 1.29 is 23.1 Å². The lowest BCUT2D eigenvalue weighted by atomic mass is 9.99. The van der Waals surface area contributed by atoms with Crippen LogP contribution in [0, 0.1) is 5.92 Å². The minimum Gasteiger partial charge on any atom is -0.382 e. The summed E-state index contributed by atoms with van der Waals surface area (Å²) >= 11 is 0. The molecule has 0 aliphatic carbocycles. The Hall–Kier alpha value is -0.820. The molecule has 16 heavy (non-hydrogen) atoms. The van der Waals surface area contributed by atoms with Crippen LogP contribution in [0.4, 0.5) is 13.2 Å². The van der Waals surface area contributed by atoms with E-state index in [2.05, 4.69) is 0 Å². The van der Waals surface area contributed by atoms with Crippen LogP contribution < -0.4 is 11.1 Å². The topological polar surface area (TPSA) is 75.4 Å². The predicted molar refractivity (Wildman–Crippen MR) is 52.5 cm³/mol. The smallest absolute Gasteiger partial charge is 0.382 e. The standard InChI is InChI=1S/C9H17F3N2O2/c1-3-5(2)7(13)8(16)14-4-6(15)9(10,11)12/h5-7,15H,3-4,13H2,1-2H3,(H,14,16)/t5?,6?,7-/m0/s1. The highest BCUT2D eigenvalue weighted by Gasteiger charge is 2.38. The maximum absolute atomic E-state index is 11.9. The molecule has 0 spiro atoms. The quantitative estimate of drug-likeness (QED) is 0.653. The summed E-state index contributed by atoms with van der Waals surface area (Å²) in [6.45, 7) is 2.68. The highest BCUT2D eigenvalue weighted by molar-refractivity contribution is 5.81. The number of hydrogen-bond acceptors (Lipinski definition) is 3. The van der Waals surface area contributed by atoms with Crippen molar-refractivity contribution in [1.29, 1.82) is 0 Å². The molecule has 0 heterocycles. The lowest BCUT2D eigenvalue weighted by Crippen LogP contribution is -2.48. The minimum absolute atomic E-state index is 0.122. The monoisotopic (exact) mass is 242 g/mol. The summed E-state index contributed by atoms with van der Waals surface area (Å²) in [5.41, 5.74) is 5.49. The molecule has 0 aromatic heterocycles. The van der Waals surface area contributed by atoms with Crippen LogP contribution in [0.2, 0.25) is 0 Å². The normalized spacial score (nSPS) is 17.7. The average molecular weight is 242 g/mol. The van der Waals surface area contributed by atoms with Gasteiger partial charge in [-0.1, -0.05) is 20.3 Å². The molecular formula is C9H17F3N2O2. The van der Waals surface area contributed by atoms with Gasteiger partial charge < -0.3 is 16.2 Å². The maximum atomic E-state index is 11.9. The number of amides is 1. The van der Waals surface area contributed by atoms with E-state index in [1.54, 1.807) is 6.92 Å². The number of nitrogens with one attached hydrogen (secondary N) is 1. The van der Waals surface area contributed by atoms with Crippen molar-refractivity contribution in [3.05, 3.63) is 0 Å². The lowest BCUT2D eigenvalue weighted by Gasteiger charge is -2.20. The van der Waals surface area contributed by atoms with E-state index in [4.69, 9.17) is 10.8 Å². The predicted octanol–water partition coefficient (Wildman–Crippen LogP) is 0.399. The first-order valence-electron chi connectivity index (χ1n) is 4.98. The summed E-state index contributed by atoms with van der Waals surface area (Å²) in [6, 6.07) is -0.856. The fraction of sp³-hybridized carbons (Fsp3) is 0.889. The fourth-order valence-corrected chi connectivity index (χ4v) is 0.943. The van der Waals surface area contributed by atoms with Crippen molar-refractivity contribution in [1.82, 2.24) is 5.32 Å². The average Bonchev–Trinajstić information content (AvgIpc) is 2.21. The van der Waals surface area contributed by atoms with Crippen molar-refractivity contribution in [2.45, 2.75) is 38.6 Å². The first-order valence-corrected chi connectivity index (χ1v) is 4.98. The minimum atomic E-state index is -4.73. The van der Waals surface area contributed by atoms with E-state index >= 15 is 0 Å². The Morgan fingerprint density at radius 1 is 1.50 bits per heavy atom. The molecule has 0 fully saturated rings. The van der Waals surface area contributed by atoms with E-state index < -0.39 is 30.8 Å². The Morgan fingerprint density at radius 3 is 2.38 bits per heavy atom. The summed E-state index contributed by atoms with van der Waals surface area (Å²) in [4.78, 5) is 11.3. The fourth-order valence-electron chi connectivity index (χ4n) is 0.943. The third kappa shape index (κ3) is 4.80. The third-order valence-electron chi connectivity index (χ3n) is 2.41. The number of hydrogen-bond donors (Lipinski definition) is 3. The van der Waals surface area contributed by atoms with Crippen LogP contribution in [0.15, 0.2) is 0 Å². The van der Waals surface area contributed by atoms with Gasteiger partial charge in [0, 0.05) is 0 Å². The van der Waals surface area contributed by atoms with Crippen LogP contribution >= 0.6 is 0 Å². The van der Waals surface area contributed by atoms with Gasteiger partial charge in [-0.2, -0.15) is 13.2 Å². The highest BCUT2D eigenvalue weighted by atomic mass is 19.4. The molecule has 0 bridgehead atoms. The molecule has 96 valence electrons. The second-order valence-corrected chi connectivity index (χ2v) is 3.71. The Morgan fingerprint density at radius 2 is 2.00 bits per heavy atom. The summed E-state index contributed by atoms with van der Waals surface area (Å²) < 4.78 is 35.7. The van der Waals surface area contributed by atoms with Crippen molar-refractivity contribution in [2.24, 2.45) is 11.7 Å². The Bertz CT molecular complexity index is 233. The number of rotatable bonds is 5. The Balaban J connectivity index is 4.08. The van der Waals surface area contributed by atoms with Gasteiger partial charge in [-0.15, -0.1) is 0 Å². The van der Waals surface area contributed by atoms with Gasteiger partial charge >= 0.3 is 6.18 Å². The second-order valence-electron chi connectivity index (χ2n) is 3.71. The van der Waals surface area contributed by atoms with Gasteiger partial charge in [0.15, 0.2) is 6.10 Å². The second kappa shape index (κ2) is 6.05. The van der Waals surface area contributed by atoms with Crippen LogP contribution in [0.3, 0.4) is 0 Å². The molecule has 7 heteroatoms. The summed E-state index contributed by atoms with van der Waals surface area (Å²) in [5.74, 6) is -0.805. The molecule has 0 radical (unpaired) electrons. The SMILES string of the molecule is CCC(C)[C@H](N)C(=O)NCC(O)C(F)(F)F. The molecule has 3 atom stereocenters. The van der Waals surface area contributed by atoms with Crippen LogP contribution in [0.1, 0.15) is 20.3 Å². The van der Waals surface area contributed by atoms with Gasteiger partial charge in [0.1, 0.15) is 0 Å². The van der Waals surface area contributed by atoms with Gasteiger partial charge in [-0.25, -0.2) is 0 Å². The zero-order valence-corrected chi connectivity index (χ0v) is 9.21. The van der Waals surface area contributed by atoms with E-state index in [9.17, 15) is 18.0 Å². The van der Waals surface area contributed by atoms with E-state index in [0.29, 0.717) is 6.42 Å². The van der Waals surface area contributed by atoms with Crippen molar-refractivity contribution in [3.8, 4) is 0 Å². The van der Waals surface area contributed by atoms with Gasteiger partial charge in [0.25, 0.3) is 0 Å². The van der Waals surface area contributed by atoms with Crippen LogP contribution in [-0.2, 0) is 4.79 Å². The van der Waals surface area contributed by atoms with Gasteiger partial charge in [-0.3, -0.25) is 4.79 Å². The number of carbonyl (C=O) groups excluding carboxylic acids is 1. The van der Waals surface area contributed by atoms with Crippen LogP contribution in [-0.4, -0.2) is 35.9 Å². The first kappa shape index (κ1) is 15.2. The molecule has 0 aliphatic rings. The van der Waals surface area contributed by atoms with Crippen LogP contribution in [0.5, 0.6) is 0 Å². The maximum Gasteiger partial charge on any atom is 0.416 e. The zero-order chi connectivity index (χ0) is 12.9. The van der Waals surface area contributed by atoms with Crippen molar-refractivity contribution in [2.75, 3.05) is 6.54 Å². The lowest BCUT2D eigenvalue weighted by molar-refractivity contribution is -0.201. The number of aliphatic hydroxyl groups excluding tert-OH is 1. The third-order valence-corrected chi connectivity index (χ3v) is 2.41. The molecule has 0 saturated heterocycles. The van der Waals surface area contributed by atoms with Gasteiger partial charge in [0.2, 0.25) is 5.91 Å². The van der Waals surface area contributed by atoms with E-state index in [1.807, 2.05) is 12.2 Å². The number of nitrogens with two attached hydrogens (primary N) is 1. The molecule has 0 aromatic rings. The molecule has 2 unspecified atom stereocenters. The molecule has 4 nitrogen and oxygen atoms in total. The van der Waals surface area contributed by atoms with Crippen molar-refractivity contribution >= 4 is 5.91 Å². The summed E-state index contributed by atoms with van der Waals surface area (Å²) in [7, 11) is 0. The largest absolute Gasteiger partial charge is 0.416 e. The zero-order valence-electron chi connectivity index (χ0n) is 9.21. The molecule has 0 saturated carbocycles. The Labute approximate surface area is 92.0 Å². The number of halogens is 3. The Kier molecular flexibility index (Phi) is 5.74. The van der Waals surface area contributed by atoms with Crippen molar-refractivity contribution in [3.63, 3.8) is 0 Å². The van der Waals surface area contributed by atoms with Crippen LogP contribution in [0.25, 0.3) is 0 Å². The molecule has 0 aliphatic heterocycles. The molecule has 0 rings (SSSR count). The number of carbonyl (C=O) groups is 1. The highest BCUT2D eigenvalue weighted by Crippen LogP contribution is 2.19. The van der Waals surface area contributed by atoms with E-state index in [0.717, 1.165) is 0 Å². The molecule has 1 amide bonds. The molecule has 0 aromatic carbocycles. The molecule has 4 N–H and O–H groups in total. The first-order chi connectivity index (χ1) is 7.20. The molecular weight excluding hydrogens is 225 g/mol. The number of aliphatic hydroxyl groups is 1. The van der Waals surface area contributed by atoms with E-state index in [1.165, 1.54) is 0 Å². The summed E-state index contributed by atoms with van der Waals surface area (Å²) in [5, 5.41) is 10.6.